The second kappa shape index (κ2) is 6.73. The predicted octanol–water partition coefficient (Wildman–Crippen LogP) is 2.53. The van der Waals surface area contributed by atoms with E-state index in [4.69, 9.17) is 9.15 Å². The number of esters is 1. The smallest absolute Gasteiger partial charge is 0.373 e. The fourth-order valence-electron chi connectivity index (χ4n) is 1.74. The second-order valence-corrected chi connectivity index (χ2v) is 4.99. The Morgan fingerprint density at radius 3 is 2.74 bits per heavy atom. The van der Waals surface area contributed by atoms with Gasteiger partial charge in [-0.1, -0.05) is 0 Å². The molecule has 1 aromatic rings. The molecule has 0 saturated heterocycles. The first-order valence-electron chi connectivity index (χ1n) is 6.45. The first kappa shape index (κ1) is 15.7. The Morgan fingerprint density at radius 2 is 2.16 bits per heavy atom. The van der Waals surface area contributed by atoms with Gasteiger partial charge in [-0.05, 0) is 39.8 Å². The van der Waals surface area contributed by atoms with Crippen LogP contribution >= 0.6 is 0 Å². The number of methoxy groups -OCH3 is 1. The number of hydrogen-bond donors (Lipinski definition) is 1. The van der Waals surface area contributed by atoms with Crippen molar-refractivity contribution in [3.8, 4) is 0 Å². The molecule has 0 saturated carbocycles. The van der Waals surface area contributed by atoms with E-state index in [0.29, 0.717) is 18.9 Å². The van der Waals surface area contributed by atoms with Gasteiger partial charge in [0.15, 0.2) is 0 Å². The summed E-state index contributed by atoms with van der Waals surface area (Å²) in [5.74, 6) is 0.455. The first-order valence-corrected chi connectivity index (χ1v) is 6.45. The number of nitrogens with one attached hydrogen (secondary N) is 1. The van der Waals surface area contributed by atoms with Crippen LogP contribution in [0.2, 0.25) is 0 Å². The molecule has 1 unspecified atom stereocenters. The number of carbonyl (C=O) groups excluding carboxylic acids is 1. The largest absolute Gasteiger partial charge is 0.463 e. The summed E-state index contributed by atoms with van der Waals surface area (Å²) < 4.78 is 15.7. The molecule has 0 bridgehead atoms. The van der Waals surface area contributed by atoms with Gasteiger partial charge in [-0.15, -0.1) is 0 Å². The monoisotopic (exact) mass is 269 g/mol. The average Bonchev–Trinajstić information content (AvgIpc) is 2.84. The zero-order valence-electron chi connectivity index (χ0n) is 12.3. The van der Waals surface area contributed by atoms with Gasteiger partial charge < -0.3 is 19.2 Å². The van der Waals surface area contributed by atoms with Crippen LogP contribution < -0.4 is 5.32 Å². The molecule has 0 spiro atoms. The van der Waals surface area contributed by atoms with Gasteiger partial charge in [0.2, 0.25) is 5.76 Å². The summed E-state index contributed by atoms with van der Waals surface area (Å²) in [5.41, 5.74) is -0.235. The van der Waals surface area contributed by atoms with Crippen molar-refractivity contribution in [3.63, 3.8) is 0 Å². The summed E-state index contributed by atoms with van der Waals surface area (Å²) in [6.45, 7) is 9.37. The lowest BCUT2D eigenvalue weighted by molar-refractivity contribution is -0.0107. The molecule has 5 heteroatoms. The standard InChI is InChI=1S/C14H23NO4/c1-6-18-14(3,4)9-15-10(2)11-7-8-12(19-11)13(16)17-5/h7-8,10,15H,6,9H2,1-5H3. The zero-order valence-corrected chi connectivity index (χ0v) is 12.3. The van der Waals surface area contributed by atoms with E-state index in [9.17, 15) is 4.79 Å². The van der Waals surface area contributed by atoms with Gasteiger partial charge in [0, 0.05) is 13.2 Å². The van der Waals surface area contributed by atoms with Crippen LogP contribution in [0.1, 0.15) is 50.1 Å². The molecule has 108 valence electrons. The molecule has 0 aromatic carbocycles. The van der Waals surface area contributed by atoms with E-state index in [1.54, 1.807) is 12.1 Å². The van der Waals surface area contributed by atoms with E-state index in [-0.39, 0.29) is 17.4 Å². The average molecular weight is 269 g/mol. The fourth-order valence-corrected chi connectivity index (χ4v) is 1.74. The molecule has 1 heterocycles. The molecule has 0 aliphatic carbocycles. The van der Waals surface area contributed by atoms with Crippen molar-refractivity contribution in [3.05, 3.63) is 23.7 Å². The maximum absolute atomic E-state index is 11.3. The van der Waals surface area contributed by atoms with Crippen molar-refractivity contribution in [1.82, 2.24) is 5.32 Å². The Morgan fingerprint density at radius 1 is 1.47 bits per heavy atom. The molecule has 0 aliphatic rings. The molecule has 19 heavy (non-hydrogen) atoms. The SMILES string of the molecule is CCOC(C)(C)CNC(C)c1ccc(C(=O)OC)o1. The molecule has 1 atom stereocenters. The van der Waals surface area contributed by atoms with E-state index in [2.05, 4.69) is 10.1 Å². The third-order valence-corrected chi connectivity index (χ3v) is 2.81. The summed E-state index contributed by atoms with van der Waals surface area (Å²) in [5, 5.41) is 3.32. The van der Waals surface area contributed by atoms with Crippen molar-refractivity contribution in [2.24, 2.45) is 0 Å². The van der Waals surface area contributed by atoms with E-state index in [0.717, 1.165) is 0 Å². The molecule has 1 N–H and O–H groups in total. The highest BCUT2D eigenvalue weighted by Crippen LogP contribution is 2.18. The topological polar surface area (TPSA) is 60.7 Å². The zero-order chi connectivity index (χ0) is 14.5. The van der Waals surface area contributed by atoms with Crippen LogP contribution in [-0.4, -0.2) is 31.8 Å². The molecule has 0 radical (unpaired) electrons. The van der Waals surface area contributed by atoms with Crippen LogP contribution in [0.5, 0.6) is 0 Å². The summed E-state index contributed by atoms with van der Waals surface area (Å²) in [6, 6.07) is 3.39. The van der Waals surface area contributed by atoms with Gasteiger partial charge >= 0.3 is 5.97 Å². The Labute approximate surface area is 114 Å². The first-order chi connectivity index (χ1) is 8.89. The minimum absolute atomic E-state index is 0.00172. The van der Waals surface area contributed by atoms with E-state index < -0.39 is 5.97 Å². The Hall–Kier alpha value is -1.33. The second-order valence-electron chi connectivity index (χ2n) is 4.99. The lowest BCUT2D eigenvalue weighted by atomic mass is 10.1. The van der Waals surface area contributed by atoms with Gasteiger partial charge in [-0.3, -0.25) is 0 Å². The van der Waals surface area contributed by atoms with E-state index in [1.165, 1.54) is 7.11 Å². The predicted molar refractivity (Wildman–Crippen MR) is 72.2 cm³/mol. The molecule has 1 aromatic heterocycles. The van der Waals surface area contributed by atoms with Gasteiger partial charge in [-0.2, -0.15) is 0 Å². The highest BCUT2D eigenvalue weighted by atomic mass is 16.5. The van der Waals surface area contributed by atoms with Crippen LogP contribution in [0.25, 0.3) is 0 Å². The molecular formula is C14H23NO4. The maximum atomic E-state index is 11.3. The van der Waals surface area contributed by atoms with Crippen LogP contribution in [-0.2, 0) is 9.47 Å². The van der Waals surface area contributed by atoms with Gasteiger partial charge in [-0.25, -0.2) is 4.79 Å². The minimum Gasteiger partial charge on any atom is -0.463 e. The molecule has 1 rings (SSSR count). The normalized spacial score (nSPS) is 13.3. The van der Waals surface area contributed by atoms with Crippen LogP contribution in [0.4, 0.5) is 0 Å². The highest BCUT2D eigenvalue weighted by Gasteiger charge is 2.20. The van der Waals surface area contributed by atoms with E-state index >= 15 is 0 Å². The summed E-state index contributed by atoms with van der Waals surface area (Å²) in [7, 11) is 1.33. The third kappa shape index (κ3) is 4.69. The lowest BCUT2D eigenvalue weighted by Gasteiger charge is -2.26. The van der Waals surface area contributed by atoms with Crippen LogP contribution in [0.3, 0.4) is 0 Å². The number of rotatable bonds is 7. The van der Waals surface area contributed by atoms with E-state index in [1.807, 2.05) is 27.7 Å². The Bertz CT molecular complexity index is 411. The summed E-state index contributed by atoms with van der Waals surface area (Å²) in [6.07, 6.45) is 0. The summed E-state index contributed by atoms with van der Waals surface area (Å²) in [4.78, 5) is 11.3. The van der Waals surface area contributed by atoms with Crippen molar-refractivity contribution in [1.29, 1.82) is 0 Å². The Kier molecular flexibility index (Phi) is 5.57. The number of carbonyl (C=O) groups is 1. The van der Waals surface area contributed by atoms with Crippen molar-refractivity contribution >= 4 is 5.97 Å². The van der Waals surface area contributed by atoms with Gasteiger partial charge in [0.25, 0.3) is 0 Å². The molecule has 0 aliphatic heterocycles. The van der Waals surface area contributed by atoms with Crippen LogP contribution in [0.15, 0.2) is 16.5 Å². The van der Waals surface area contributed by atoms with Crippen molar-refractivity contribution in [2.45, 2.75) is 39.3 Å². The molecular weight excluding hydrogens is 246 g/mol. The lowest BCUT2D eigenvalue weighted by Crippen LogP contribution is -2.38. The molecule has 0 fully saturated rings. The number of furan rings is 1. The van der Waals surface area contributed by atoms with Crippen molar-refractivity contribution in [2.75, 3.05) is 20.3 Å². The number of hydrogen-bond acceptors (Lipinski definition) is 5. The molecule has 5 nitrogen and oxygen atoms in total. The third-order valence-electron chi connectivity index (χ3n) is 2.81. The Balaban J connectivity index is 2.56. The van der Waals surface area contributed by atoms with Crippen molar-refractivity contribution < 1.29 is 18.7 Å². The minimum atomic E-state index is -0.465. The fraction of sp³-hybridized carbons (Fsp3) is 0.643. The number of ether oxygens (including phenoxy) is 2. The highest BCUT2D eigenvalue weighted by molar-refractivity contribution is 5.86. The van der Waals surface area contributed by atoms with Gasteiger partial charge in [0.05, 0.1) is 18.8 Å². The quantitative estimate of drug-likeness (QED) is 0.771. The maximum Gasteiger partial charge on any atom is 0.373 e. The summed E-state index contributed by atoms with van der Waals surface area (Å²) >= 11 is 0. The van der Waals surface area contributed by atoms with Gasteiger partial charge in [0.1, 0.15) is 5.76 Å². The van der Waals surface area contributed by atoms with Crippen LogP contribution in [0, 0.1) is 0 Å². The molecule has 0 amide bonds.